The summed E-state index contributed by atoms with van der Waals surface area (Å²) in [5.41, 5.74) is 2.70. The van der Waals surface area contributed by atoms with Gasteiger partial charge in [-0.2, -0.15) is 0 Å². The number of hydrogen-bond acceptors (Lipinski definition) is 3. The average molecular weight is 302 g/mol. The van der Waals surface area contributed by atoms with Gasteiger partial charge in [0.2, 0.25) is 0 Å². The van der Waals surface area contributed by atoms with E-state index >= 15 is 0 Å². The molecule has 1 N–H and O–H groups in total. The van der Waals surface area contributed by atoms with Crippen molar-refractivity contribution in [3.8, 4) is 0 Å². The van der Waals surface area contributed by atoms with E-state index in [2.05, 4.69) is 79.8 Å². The lowest BCUT2D eigenvalue weighted by molar-refractivity contribution is 0.586. The van der Waals surface area contributed by atoms with Gasteiger partial charge in [-0.3, -0.25) is 0 Å². The van der Waals surface area contributed by atoms with Crippen LogP contribution in [-0.2, 0) is 13.0 Å². The van der Waals surface area contributed by atoms with Crippen molar-refractivity contribution in [2.75, 3.05) is 11.9 Å². The van der Waals surface area contributed by atoms with Crippen LogP contribution < -0.4 is 10.2 Å². The van der Waals surface area contributed by atoms with Gasteiger partial charge in [0.05, 0.1) is 0 Å². The van der Waals surface area contributed by atoms with Gasteiger partial charge in [-0.25, -0.2) is 0 Å². The van der Waals surface area contributed by atoms with Crippen LogP contribution in [0.5, 0.6) is 0 Å². The highest BCUT2D eigenvalue weighted by molar-refractivity contribution is 7.09. The monoisotopic (exact) mass is 302 g/mol. The summed E-state index contributed by atoms with van der Waals surface area (Å²) in [6.07, 6.45) is 1.10. The van der Waals surface area contributed by atoms with E-state index in [1.807, 2.05) is 11.3 Å². The molecule has 2 nitrogen and oxygen atoms in total. The number of nitrogens with zero attached hydrogens (tertiary/aromatic N) is 1. The summed E-state index contributed by atoms with van der Waals surface area (Å²) in [5, 5.41) is 5.67. The van der Waals surface area contributed by atoms with Crippen molar-refractivity contribution in [2.24, 2.45) is 0 Å². The van der Waals surface area contributed by atoms with Gasteiger partial charge >= 0.3 is 0 Å². The maximum atomic E-state index is 3.52. The summed E-state index contributed by atoms with van der Waals surface area (Å²) >= 11 is 1.84. The fraction of sp³-hybridized carbons (Fsp3) is 0.444. The van der Waals surface area contributed by atoms with E-state index in [1.165, 1.54) is 16.1 Å². The third-order valence-electron chi connectivity index (χ3n) is 3.81. The highest BCUT2D eigenvalue weighted by atomic mass is 32.1. The molecule has 2 rings (SSSR count). The predicted octanol–water partition coefficient (Wildman–Crippen LogP) is 4.31. The Morgan fingerprint density at radius 3 is 2.52 bits per heavy atom. The van der Waals surface area contributed by atoms with Crippen LogP contribution in [0.1, 0.15) is 31.2 Å². The van der Waals surface area contributed by atoms with Crippen molar-refractivity contribution in [3.63, 3.8) is 0 Å². The molecule has 0 bridgehead atoms. The minimum atomic E-state index is 0.490. The summed E-state index contributed by atoms with van der Waals surface area (Å²) in [6, 6.07) is 14.0. The Bertz CT molecular complexity index is 534. The predicted molar refractivity (Wildman–Crippen MR) is 94.3 cm³/mol. The molecule has 0 fully saturated rings. The first kappa shape index (κ1) is 16.1. The van der Waals surface area contributed by atoms with E-state index in [0.717, 1.165) is 13.0 Å². The standard InChI is InChI=1S/C18H26N2S/c1-14(2)19-13-16-8-5-6-10-18(16)20(4)15(3)12-17-9-7-11-21-17/h5-11,14-15,19H,12-13H2,1-4H3. The normalized spacial score (nSPS) is 12.6. The van der Waals surface area contributed by atoms with Crippen LogP contribution in [-0.4, -0.2) is 19.1 Å². The number of thiophene rings is 1. The van der Waals surface area contributed by atoms with Crippen molar-refractivity contribution in [1.82, 2.24) is 5.32 Å². The number of benzene rings is 1. The van der Waals surface area contributed by atoms with Crippen LogP contribution in [0.3, 0.4) is 0 Å². The molecule has 3 heteroatoms. The highest BCUT2D eigenvalue weighted by Gasteiger charge is 2.14. The molecule has 1 atom stereocenters. The van der Waals surface area contributed by atoms with Gasteiger partial charge in [0, 0.05) is 42.7 Å². The largest absolute Gasteiger partial charge is 0.371 e. The SMILES string of the molecule is CC(C)NCc1ccccc1N(C)C(C)Cc1cccs1. The highest BCUT2D eigenvalue weighted by Crippen LogP contribution is 2.23. The zero-order valence-corrected chi connectivity index (χ0v) is 14.3. The van der Waals surface area contributed by atoms with Gasteiger partial charge in [-0.1, -0.05) is 38.1 Å². The van der Waals surface area contributed by atoms with E-state index in [-0.39, 0.29) is 0 Å². The summed E-state index contributed by atoms with van der Waals surface area (Å²) in [6.45, 7) is 7.59. The molecular weight excluding hydrogens is 276 g/mol. The number of likely N-dealkylation sites (N-methyl/N-ethyl adjacent to an activating group) is 1. The van der Waals surface area contributed by atoms with Crippen LogP contribution in [0.25, 0.3) is 0 Å². The van der Waals surface area contributed by atoms with Crippen molar-refractivity contribution < 1.29 is 0 Å². The molecule has 1 aromatic carbocycles. The number of para-hydroxylation sites is 1. The Labute approximate surface area is 132 Å². The van der Waals surface area contributed by atoms with E-state index in [9.17, 15) is 0 Å². The van der Waals surface area contributed by atoms with Gasteiger partial charge in [-0.05, 0) is 30.0 Å². The first-order chi connectivity index (χ1) is 10.1. The van der Waals surface area contributed by atoms with Crippen LogP contribution >= 0.6 is 11.3 Å². The Kier molecular flexibility index (Phi) is 5.83. The second kappa shape index (κ2) is 7.62. The first-order valence-electron chi connectivity index (χ1n) is 7.64. The van der Waals surface area contributed by atoms with Crippen LogP contribution in [0.15, 0.2) is 41.8 Å². The van der Waals surface area contributed by atoms with E-state index < -0.39 is 0 Å². The van der Waals surface area contributed by atoms with E-state index in [1.54, 1.807) is 0 Å². The van der Waals surface area contributed by atoms with Gasteiger partial charge in [0.25, 0.3) is 0 Å². The van der Waals surface area contributed by atoms with Crippen molar-refractivity contribution in [2.45, 2.75) is 45.8 Å². The minimum absolute atomic E-state index is 0.490. The number of nitrogens with one attached hydrogen (secondary N) is 1. The molecule has 114 valence electrons. The molecule has 0 spiro atoms. The Morgan fingerprint density at radius 2 is 1.86 bits per heavy atom. The first-order valence-corrected chi connectivity index (χ1v) is 8.52. The quantitative estimate of drug-likeness (QED) is 0.819. The van der Waals surface area contributed by atoms with E-state index in [4.69, 9.17) is 0 Å². The number of rotatable bonds is 7. The molecule has 1 aromatic heterocycles. The molecule has 1 heterocycles. The lowest BCUT2D eigenvalue weighted by atomic mass is 10.1. The molecular formula is C18H26N2S. The second-order valence-electron chi connectivity index (χ2n) is 5.91. The fourth-order valence-electron chi connectivity index (χ4n) is 2.41. The van der Waals surface area contributed by atoms with Gasteiger partial charge in [0.15, 0.2) is 0 Å². The van der Waals surface area contributed by atoms with Crippen molar-refractivity contribution >= 4 is 17.0 Å². The smallest absolute Gasteiger partial charge is 0.0411 e. The Hall–Kier alpha value is -1.32. The molecule has 0 aliphatic heterocycles. The Morgan fingerprint density at radius 1 is 1.10 bits per heavy atom. The molecule has 1 unspecified atom stereocenters. The minimum Gasteiger partial charge on any atom is -0.371 e. The van der Waals surface area contributed by atoms with Crippen LogP contribution in [0.4, 0.5) is 5.69 Å². The maximum absolute atomic E-state index is 3.52. The molecule has 0 saturated heterocycles. The third-order valence-corrected chi connectivity index (χ3v) is 4.71. The van der Waals surface area contributed by atoms with Crippen LogP contribution in [0, 0.1) is 0 Å². The molecule has 21 heavy (non-hydrogen) atoms. The lowest BCUT2D eigenvalue weighted by Crippen LogP contribution is -2.32. The van der Waals surface area contributed by atoms with E-state index in [0.29, 0.717) is 12.1 Å². The molecule has 0 radical (unpaired) electrons. The van der Waals surface area contributed by atoms with Crippen molar-refractivity contribution in [3.05, 3.63) is 52.2 Å². The lowest BCUT2D eigenvalue weighted by Gasteiger charge is -2.29. The van der Waals surface area contributed by atoms with Gasteiger partial charge in [0.1, 0.15) is 0 Å². The summed E-state index contributed by atoms with van der Waals surface area (Å²) in [4.78, 5) is 3.85. The number of anilines is 1. The average Bonchev–Trinajstić information content (AvgIpc) is 2.97. The van der Waals surface area contributed by atoms with Crippen LogP contribution in [0.2, 0.25) is 0 Å². The van der Waals surface area contributed by atoms with Crippen molar-refractivity contribution in [1.29, 1.82) is 0 Å². The third kappa shape index (κ3) is 4.58. The summed E-state index contributed by atoms with van der Waals surface area (Å²) in [5.74, 6) is 0. The van der Waals surface area contributed by atoms with Gasteiger partial charge in [-0.15, -0.1) is 11.3 Å². The Balaban J connectivity index is 2.08. The second-order valence-corrected chi connectivity index (χ2v) is 6.94. The zero-order valence-electron chi connectivity index (χ0n) is 13.5. The molecule has 0 amide bonds. The topological polar surface area (TPSA) is 15.3 Å². The molecule has 0 saturated carbocycles. The number of hydrogen-bond donors (Lipinski definition) is 1. The maximum Gasteiger partial charge on any atom is 0.0411 e. The molecule has 0 aliphatic carbocycles. The summed E-state index contributed by atoms with van der Waals surface area (Å²) < 4.78 is 0. The summed E-state index contributed by atoms with van der Waals surface area (Å²) in [7, 11) is 2.20. The molecule has 2 aromatic rings. The zero-order chi connectivity index (χ0) is 15.2. The fourth-order valence-corrected chi connectivity index (χ4v) is 3.24. The molecule has 0 aliphatic rings. The van der Waals surface area contributed by atoms with Gasteiger partial charge < -0.3 is 10.2 Å².